The van der Waals surface area contributed by atoms with Gasteiger partial charge < -0.3 is 4.74 Å². The lowest BCUT2D eigenvalue weighted by Gasteiger charge is -2.08. The monoisotopic (exact) mass is 263 g/mol. The second kappa shape index (κ2) is 5.48. The summed E-state index contributed by atoms with van der Waals surface area (Å²) in [6.45, 7) is 1.41. The topological polar surface area (TPSA) is 38.3 Å². The fraction of sp³-hybridized carbons (Fsp3) is 0.0714. The van der Waals surface area contributed by atoms with E-state index in [1.165, 1.54) is 13.0 Å². The van der Waals surface area contributed by atoms with Gasteiger partial charge in [0.1, 0.15) is 5.75 Å². The van der Waals surface area contributed by atoms with Gasteiger partial charge in [0.25, 0.3) is 0 Å². The second-order valence-electron chi connectivity index (χ2n) is 3.92. The zero-order chi connectivity index (χ0) is 13.8. The minimum Gasteiger partial charge on any atom is -0.410 e. The molecule has 0 aliphatic heterocycles. The number of hydrogen-bond acceptors (Lipinski definition) is 2. The van der Waals surface area contributed by atoms with E-state index in [4.69, 9.17) is 4.74 Å². The lowest BCUT2D eigenvalue weighted by molar-refractivity contribution is 0.215. The van der Waals surface area contributed by atoms with Gasteiger partial charge in [-0.2, -0.15) is 0 Å². The van der Waals surface area contributed by atoms with Crippen LogP contribution in [0.3, 0.4) is 0 Å². The third kappa shape index (κ3) is 3.28. The first-order valence-electron chi connectivity index (χ1n) is 5.56. The van der Waals surface area contributed by atoms with Crippen molar-refractivity contribution in [1.82, 2.24) is 0 Å². The molecule has 0 saturated heterocycles. The highest BCUT2D eigenvalue weighted by molar-refractivity contribution is 5.86. The van der Waals surface area contributed by atoms with Crippen LogP contribution < -0.4 is 10.1 Å². The number of amides is 1. The third-order valence-electron chi connectivity index (χ3n) is 2.41. The zero-order valence-corrected chi connectivity index (χ0v) is 10.1. The summed E-state index contributed by atoms with van der Waals surface area (Å²) in [6, 6.07) is 10.6. The molecule has 0 fully saturated rings. The summed E-state index contributed by atoms with van der Waals surface area (Å²) in [5, 5.41) is 2.33. The predicted octanol–water partition coefficient (Wildman–Crippen LogP) is 3.88. The van der Waals surface area contributed by atoms with Crippen LogP contribution in [0, 0.1) is 18.6 Å². The van der Waals surface area contributed by atoms with Crippen molar-refractivity contribution >= 4 is 11.8 Å². The van der Waals surface area contributed by atoms with Gasteiger partial charge in [0.2, 0.25) is 0 Å². The highest BCUT2D eigenvalue weighted by Crippen LogP contribution is 2.18. The van der Waals surface area contributed by atoms with Crippen LogP contribution in [0.15, 0.2) is 42.5 Å². The highest BCUT2D eigenvalue weighted by atomic mass is 19.2. The average Bonchev–Trinajstić information content (AvgIpc) is 2.37. The van der Waals surface area contributed by atoms with Crippen molar-refractivity contribution in [3.8, 4) is 5.75 Å². The normalized spacial score (nSPS) is 10.1. The molecule has 2 aromatic rings. The highest BCUT2D eigenvalue weighted by Gasteiger charge is 2.10. The number of hydrogen-bond donors (Lipinski definition) is 1. The molecule has 3 nitrogen and oxygen atoms in total. The maximum absolute atomic E-state index is 13.2. The van der Waals surface area contributed by atoms with Crippen molar-refractivity contribution in [1.29, 1.82) is 0 Å². The van der Waals surface area contributed by atoms with Gasteiger partial charge in [-0.25, -0.2) is 13.6 Å². The van der Waals surface area contributed by atoms with Gasteiger partial charge >= 0.3 is 6.09 Å². The summed E-state index contributed by atoms with van der Waals surface area (Å²) in [4.78, 5) is 11.5. The van der Waals surface area contributed by atoms with Crippen LogP contribution in [0.25, 0.3) is 0 Å². The van der Waals surface area contributed by atoms with E-state index < -0.39 is 17.7 Å². The number of aryl methyl sites for hydroxylation is 1. The molecule has 19 heavy (non-hydrogen) atoms. The summed E-state index contributed by atoms with van der Waals surface area (Å²) in [5.41, 5.74) is 0.243. The quantitative estimate of drug-likeness (QED) is 0.892. The molecule has 0 aromatic heterocycles. The smallest absolute Gasteiger partial charge is 0.410 e. The lowest BCUT2D eigenvalue weighted by atomic mass is 10.2. The van der Waals surface area contributed by atoms with Crippen LogP contribution in [0.5, 0.6) is 5.75 Å². The number of para-hydroxylation sites is 1. The van der Waals surface area contributed by atoms with Crippen molar-refractivity contribution in [2.45, 2.75) is 6.92 Å². The number of halogens is 2. The van der Waals surface area contributed by atoms with Crippen LogP contribution in [-0.2, 0) is 0 Å². The number of benzene rings is 2. The Balaban J connectivity index is 2.07. The Morgan fingerprint density at radius 1 is 1.16 bits per heavy atom. The van der Waals surface area contributed by atoms with Crippen LogP contribution in [0.1, 0.15) is 5.56 Å². The molecule has 0 unspecified atom stereocenters. The molecule has 0 spiro atoms. The molecule has 2 rings (SSSR count). The van der Waals surface area contributed by atoms with Crippen LogP contribution in [-0.4, -0.2) is 6.09 Å². The summed E-state index contributed by atoms with van der Waals surface area (Å²) in [6.07, 6.45) is -0.767. The lowest BCUT2D eigenvalue weighted by Crippen LogP contribution is -2.17. The maximum atomic E-state index is 13.2. The molecule has 0 heterocycles. The van der Waals surface area contributed by atoms with Gasteiger partial charge in [-0.3, -0.25) is 5.32 Å². The van der Waals surface area contributed by atoms with Gasteiger partial charge in [0, 0.05) is 11.8 Å². The zero-order valence-electron chi connectivity index (χ0n) is 10.1. The first kappa shape index (κ1) is 13.0. The fourth-order valence-corrected chi connectivity index (χ4v) is 1.54. The number of carbonyl (C=O) groups is 1. The molecule has 1 amide bonds. The molecule has 1 N–H and O–H groups in total. The molecule has 0 saturated carbocycles. The molecule has 0 atom stereocenters. The summed E-state index contributed by atoms with van der Waals surface area (Å²) >= 11 is 0. The van der Waals surface area contributed by atoms with E-state index in [-0.39, 0.29) is 11.3 Å². The fourth-order valence-electron chi connectivity index (χ4n) is 1.54. The van der Waals surface area contributed by atoms with Gasteiger partial charge in [0.05, 0.1) is 0 Å². The van der Waals surface area contributed by atoms with Crippen molar-refractivity contribution in [3.05, 3.63) is 59.7 Å². The van der Waals surface area contributed by atoms with E-state index in [0.29, 0.717) is 5.75 Å². The molecule has 5 heteroatoms. The van der Waals surface area contributed by atoms with Crippen molar-refractivity contribution in [2.75, 3.05) is 5.32 Å². The summed E-state index contributed by atoms with van der Waals surface area (Å²) < 4.78 is 31.2. The Kier molecular flexibility index (Phi) is 3.75. The molecular formula is C14H11F2NO2. The predicted molar refractivity (Wildman–Crippen MR) is 67.2 cm³/mol. The second-order valence-corrected chi connectivity index (χ2v) is 3.92. The van der Waals surface area contributed by atoms with E-state index in [1.807, 2.05) is 0 Å². The summed E-state index contributed by atoms with van der Waals surface area (Å²) in [7, 11) is 0. The molecule has 0 bridgehead atoms. The van der Waals surface area contributed by atoms with Gasteiger partial charge in [-0.15, -0.1) is 0 Å². The van der Waals surface area contributed by atoms with Gasteiger partial charge in [0.15, 0.2) is 11.6 Å². The first-order chi connectivity index (χ1) is 9.06. The molecule has 2 aromatic carbocycles. The van der Waals surface area contributed by atoms with Crippen LogP contribution in [0.4, 0.5) is 19.3 Å². The SMILES string of the molecule is Cc1cc(NC(=O)Oc2ccccc2)cc(F)c1F. The maximum Gasteiger partial charge on any atom is 0.417 e. The van der Waals surface area contributed by atoms with Crippen LogP contribution >= 0.6 is 0 Å². The van der Waals surface area contributed by atoms with Crippen LogP contribution in [0.2, 0.25) is 0 Å². The Hall–Kier alpha value is -2.43. The largest absolute Gasteiger partial charge is 0.417 e. The van der Waals surface area contributed by atoms with E-state index in [1.54, 1.807) is 30.3 Å². The minimum absolute atomic E-state index is 0.106. The number of ether oxygens (including phenoxy) is 1. The Labute approximate surface area is 108 Å². The number of anilines is 1. The Morgan fingerprint density at radius 3 is 2.47 bits per heavy atom. The summed E-state index contributed by atoms with van der Waals surface area (Å²) in [5.74, 6) is -1.59. The molecule has 98 valence electrons. The van der Waals surface area contributed by atoms with Gasteiger partial charge in [-0.05, 0) is 30.7 Å². The Bertz CT molecular complexity index is 577. The molecule has 0 radical (unpaired) electrons. The number of rotatable bonds is 2. The van der Waals surface area contributed by atoms with E-state index >= 15 is 0 Å². The number of carbonyl (C=O) groups excluding carboxylic acids is 1. The van der Waals surface area contributed by atoms with E-state index in [2.05, 4.69) is 5.32 Å². The molecule has 0 aliphatic carbocycles. The third-order valence-corrected chi connectivity index (χ3v) is 2.41. The Morgan fingerprint density at radius 2 is 1.84 bits per heavy atom. The minimum atomic E-state index is -1.02. The van der Waals surface area contributed by atoms with Crippen molar-refractivity contribution in [2.24, 2.45) is 0 Å². The van der Waals surface area contributed by atoms with E-state index in [9.17, 15) is 13.6 Å². The average molecular weight is 263 g/mol. The first-order valence-corrected chi connectivity index (χ1v) is 5.56. The standard InChI is InChI=1S/C14H11F2NO2/c1-9-7-10(8-12(15)13(9)16)17-14(18)19-11-5-3-2-4-6-11/h2-8H,1H3,(H,17,18). The van der Waals surface area contributed by atoms with Crippen molar-refractivity contribution in [3.63, 3.8) is 0 Å². The van der Waals surface area contributed by atoms with Gasteiger partial charge in [-0.1, -0.05) is 18.2 Å². The molecular weight excluding hydrogens is 252 g/mol. The van der Waals surface area contributed by atoms with Crippen molar-refractivity contribution < 1.29 is 18.3 Å². The van der Waals surface area contributed by atoms with E-state index in [0.717, 1.165) is 6.07 Å². The molecule has 0 aliphatic rings. The number of nitrogens with one attached hydrogen (secondary N) is 1.